The van der Waals surface area contributed by atoms with Crippen molar-refractivity contribution in [1.82, 2.24) is 4.31 Å². The van der Waals surface area contributed by atoms with Crippen molar-refractivity contribution in [3.63, 3.8) is 0 Å². The Morgan fingerprint density at radius 2 is 2.13 bits per heavy atom. The van der Waals surface area contributed by atoms with Gasteiger partial charge < -0.3 is 10.1 Å². The number of allylic oxidation sites excluding steroid dienone is 2. The minimum absolute atomic E-state index is 0.0311. The standard InChI is InChI=1S/C16H22N2O4S/c1-18(2)23(20,21)15-11-13(8-9-14(15)22-3)17-16(19)10-12-6-4-5-7-12/h4,6,8-9,11-12H,5,7,10H2,1-3H3,(H,17,19)/t12-/m0/s1. The maximum absolute atomic E-state index is 12.4. The minimum atomic E-state index is -3.65. The van der Waals surface area contributed by atoms with Crippen molar-refractivity contribution in [2.45, 2.75) is 24.2 Å². The fourth-order valence-corrected chi connectivity index (χ4v) is 3.54. The van der Waals surface area contributed by atoms with Crippen molar-refractivity contribution >= 4 is 21.6 Å². The summed E-state index contributed by atoms with van der Waals surface area (Å²) in [6.45, 7) is 0. The van der Waals surface area contributed by atoms with E-state index in [-0.39, 0.29) is 22.5 Å². The number of methoxy groups -OCH3 is 1. The molecule has 1 aliphatic carbocycles. The van der Waals surface area contributed by atoms with Crippen LogP contribution in [-0.2, 0) is 14.8 Å². The smallest absolute Gasteiger partial charge is 0.246 e. The molecule has 0 aliphatic heterocycles. The molecule has 1 aromatic carbocycles. The van der Waals surface area contributed by atoms with Gasteiger partial charge in [0.1, 0.15) is 10.6 Å². The zero-order valence-corrected chi connectivity index (χ0v) is 14.4. The van der Waals surface area contributed by atoms with Gasteiger partial charge in [0.2, 0.25) is 15.9 Å². The Labute approximate surface area is 137 Å². The van der Waals surface area contributed by atoms with Crippen LogP contribution in [0.3, 0.4) is 0 Å². The molecule has 2 rings (SSSR count). The highest BCUT2D eigenvalue weighted by Gasteiger charge is 2.23. The third-order valence-corrected chi connectivity index (χ3v) is 5.60. The zero-order chi connectivity index (χ0) is 17.0. The number of carbonyl (C=O) groups excluding carboxylic acids is 1. The Morgan fingerprint density at radius 3 is 2.70 bits per heavy atom. The summed E-state index contributed by atoms with van der Waals surface area (Å²) in [6.07, 6.45) is 6.52. The van der Waals surface area contributed by atoms with Crippen molar-refractivity contribution in [2.75, 3.05) is 26.5 Å². The van der Waals surface area contributed by atoms with Gasteiger partial charge in [-0.2, -0.15) is 0 Å². The predicted molar refractivity (Wildman–Crippen MR) is 89.0 cm³/mol. The molecule has 23 heavy (non-hydrogen) atoms. The molecule has 1 aliphatic rings. The normalized spacial score (nSPS) is 17.5. The second-order valence-corrected chi connectivity index (χ2v) is 7.79. The lowest BCUT2D eigenvalue weighted by Gasteiger charge is -2.16. The van der Waals surface area contributed by atoms with E-state index in [0.717, 1.165) is 17.1 Å². The summed E-state index contributed by atoms with van der Waals surface area (Å²) in [4.78, 5) is 12.1. The number of benzene rings is 1. The van der Waals surface area contributed by atoms with E-state index in [1.807, 2.05) is 0 Å². The van der Waals surface area contributed by atoms with Crippen LogP contribution in [-0.4, -0.2) is 39.8 Å². The monoisotopic (exact) mass is 338 g/mol. The molecule has 0 fully saturated rings. The first-order valence-electron chi connectivity index (χ1n) is 7.41. The lowest BCUT2D eigenvalue weighted by Crippen LogP contribution is -2.23. The van der Waals surface area contributed by atoms with Gasteiger partial charge in [0.05, 0.1) is 7.11 Å². The molecule has 126 valence electrons. The van der Waals surface area contributed by atoms with Gasteiger partial charge in [0.15, 0.2) is 0 Å². The number of amides is 1. The van der Waals surface area contributed by atoms with Crippen LogP contribution in [0.15, 0.2) is 35.2 Å². The van der Waals surface area contributed by atoms with Gasteiger partial charge in [-0.3, -0.25) is 4.79 Å². The number of carbonyl (C=O) groups is 1. The van der Waals surface area contributed by atoms with Crippen LogP contribution in [0, 0.1) is 5.92 Å². The molecule has 1 amide bonds. The van der Waals surface area contributed by atoms with Crippen molar-refractivity contribution in [3.8, 4) is 5.75 Å². The first-order chi connectivity index (χ1) is 10.8. The van der Waals surface area contributed by atoms with Gasteiger partial charge in [-0.05, 0) is 37.0 Å². The van der Waals surface area contributed by atoms with E-state index in [1.54, 1.807) is 12.1 Å². The maximum Gasteiger partial charge on any atom is 0.246 e. The average Bonchev–Trinajstić information content (AvgIpc) is 2.99. The molecule has 1 aromatic rings. The SMILES string of the molecule is COc1ccc(NC(=O)C[C@H]2C=CCC2)cc1S(=O)(=O)N(C)C. The van der Waals surface area contributed by atoms with E-state index < -0.39 is 10.0 Å². The molecule has 0 aromatic heterocycles. The second-order valence-electron chi connectivity index (χ2n) is 5.67. The molecule has 0 saturated carbocycles. The number of nitrogens with zero attached hydrogens (tertiary/aromatic N) is 1. The first-order valence-corrected chi connectivity index (χ1v) is 8.85. The summed E-state index contributed by atoms with van der Waals surface area (Å²) >= 11 is 0. The van der Waals surface area contributed by atoms with Crippen LogP contribution >= 0.6 is 0 Å². The van der Waals surface area contributed by atoms with Gasteiger partial charge in [-0.1, -0.05) is 12.2 Å². The summed E-state index contributed by atoms with van der Waals surface area (Å²) in [5.74, 6) is 0.383. The van der Waals surface area contributed by atoms with Gasteiger partial charge >= 0.3 is 0 Å². The van der Waals surface area contributed by atoms with E-state index >= 15 is 0 Å². The number of ether oxygens (including phenoxy) is 1. The van der Waals surface area contributed by atoms with Crippen LogP contribution in [0.1, 0.15) is 19.3 Å². The van der Waals surface area contributed by atoms with Gasteiger partial charge in [0.25, 0.3) is 0 Å². The number of hydrogen-bond donors (Lipinski definition) is 1. The van der Waals surface area contributed by atoms with Crippen molar-refractivity contribution in [2.24, 2.45) is 5.92 Å². The van der Waals surface area contributed by atoms with Crippen LogP contribution in [0.5, 0.6) is 5.75 Å². The number of sulfonamides is 1. The molecule has 0 bridgehead atoms. The number of anilines is 1. The lowest BCUT2D eigenvalue weighted by molar-refractivity contribution is -0.116. The van der Waals surface area contributed by atoms with Gasteiger partial charge in [-0.25, -0.2) is 12.7 Å². The third kappa shape index (κ3) is 4.11. The maximum atomic E-state index is 12.4. The van der Waals surface area contributed by atoms with E-state index in [0.29, 0.717) is 12.1 Å². The summed E-state index contributed by atoms with van der Waals surface area (Å²) in [7, 11) is 0.659. The first kappa shape index (κ1) is 17.5. The Bertz CT molecular complexity index is 711. The molecule has 0 spiro atoms. The number of hydrogen-bond acceptors (Lipinski definition) is 4. The van der Waals surface area contributed by atoms with Crippen molar-refractivity contribution in [1.29, 1.82) is 0 Å². The quantitative estimate of drug-likeness (QED) is 0.807. The Kier molecular flexibility index (Phi) is 5.43. The molecule has 0 saturated heterocycles. The van der Waals surface area contributed by atoms with E-state index in [4.69, 9.17) is 4.74 Å². The summed E-state index contributed by atoms with van der Waals surface area (Å²) in [5, 5.41) is 2.76. The second kappa shape index (κ2) is 7.14. The summed E-state index contributed by atoms with van der Waals surface area (Å²) in [6, 6.07) is 4.61. The highest BCUT2D eigenvalue weighted by molar-refractivity contribution is 7.89. The molecule has 0 unspecified atom stereocenters. The van der Waals surface area contributed by atoms with Gasteiger partial charge in [-0.15, -0.1) is 0 Å². The van der Waals surface area contributed by atoms with Gasteiger partial charge in [0, 0.05) is 26.2 Å². The largest absolute Gasteiger partial charge is 0.495 e. The Hall–Kier alpha value is -1.86. The summed E-state index contributed by atoms with van der Waals surface area (Å²) < 4.78 is 30.9. The minimum Gasteiger partial charge on any atom is -0.495 e. The van der Waals surface area contributed by atoms with E-state index in [1.165, 1.54) is 27.3 Å². The fourth-order valence-electron chi connectivity index (χ4n) is 2.47. The van der Waals surface area contributed by atoms with Crippen molar-refractivity contribution < 1.29 is 17.9 Å². The molecule has 1 N–H and O–H groups in total. The highest BCUT2D eigenvalue weighted by Crippen LogP contribution is 2.29. The summed E-state index contributed by atoms with van der Waals surface area (Å²) in [5.41, 5.74) is 0.443. The molecule has 0 heterocycles. The third-order valence-electron chi connectivity index (χ3n) is 3.77. The van der Waals surface area contributed by atoms with E-state index in [9.17, 15) is 13.2 Å². The predicted octanol–water partition coefficient (Wildman–Crippen LogP) is 2.24. The molecular weight excluding hydrogens is 316 g/mol. The number of nitrogens with one attached hydrogen (secondary N) is 1. The van der Waals surface area contributed by atoms with Crippen molar-refractivity contribution in [3.05, 3.63) is 30.4 Å². The molecule has 1 atom stereocenters. The topological polar surface area (TPSA) is 75.7 Å². The molecule has 7 heteroatoms. The Balaban J connectivity index is 2.20. The van der Waals surface area contributed by atoms with Crippen LogP contribution in [0.4, 0.5) is 5.69 Å². The fraction of sp³-hybridized carbons (Fsp3) is 0.438. The zero-order valence-electron chi connectivity index (χ0n) is 13.6. The molecule has 6 nitrogen and oxygen atoms in total. The van der Waals surface area contributed by atoms with Crippen LogP contribution in [0.2, 0.25) is 0 Å². The lowest BCUT2D eigenvalue weighted by atomic mass is 10.1. The molecular formula is C16H22N2O4S. The Morgan fingerprint density at radius 1 is 1.39 bits per heavy atom. The highest BCUT2D eigenvalue weighted by atomic mass is 32.2. The van der Waals surface area contributed by atoms with E-state index in [2.05, 4.69) is 17.5 Å². The van der Waals surface area contributed by atoms with Crippen LogP contribution in [0.25, 0.3) is 0 Å². The average molecular weight is 338 g/mol. The molecule has 0 radical (unpaired) electrons. The number of rotatable bonds is 6. The van der Waals surface area contributed by atoms with Crippen LogP contribution < -0.4 is 10.1 Å².